The van der Waals surface area contributed by atoms with Gasteiger partial charge in [-0.3, -0.25) is 4.79 Å². The Kier molecular flexibility index (Phi) is 6.08. The van der Waals surface area contributed by atoms with Crippen molar-refractivity contribution >= 4 is 21.6 Å². The molecule has 0 aromatic heterocycles. The van der Waals surface area contributed by atoms with Crippen molar-refractivity contribution in [1.82, 2.24) is 14.6 Å². The Labute approximate surface area is 182 Å². The molecule has 1 aliphatic carbocycles. The number of nitrogens with zero attached hydrogens (tertiary/aromatic N) is 3. The normalized spacial score (nSPS) is 19.2. The summed E-state index contributed by atoms with van der Waals surface area (Å²) in [5.74, 6) is -0.358. The standard InChI is InChI=1S/C22H26N4O4S/c1-25-11-4-12-26(14-13-25)31(29,30)18-7-2-6-17(15-18)22(28)24-23-19-10-9-16-5-3-8-20(27)21(16)19/h2-3,5-8,15,27H,4,9-14H2,1H3,(H,24,28)/b23-19+. The van der Waals surface area contributed by atoms with E-state index in [2.05, 4.69) is 15.4 Å². The highest BCUT2D eigenvalue weighted by Gasteiger charge is 2.27. The van der Waals surface area contributed by atoms with Crippen molar-refractivity contribution in [2.75, 3.05) is 33.2 Å². The van der Waals surface area contributed by atoms with E-state index in [1.807, 2.05) is 13.1 Å². The largest absolute Gasteiger partial charge is 0.507 e. The zero-order valence-corrected chi connectivity index (χ0v) is 18.2. The number of hydrogen-bond donors (Lipinski definition) is 2. The molecule has 2 aliphatic rings. The Morgan fingerprint density at radius 3 is 2.71 bits per heavy atom. The number of amides is 1. The Hall–Kier alpha value is -2.75. The fourth-order valence-electron chi connectivity index (χ4n) is 4.01. The minimum atomic E-state index is -3.68. The average Bonchev–Trinajstić information content (AvgIpc) is 3.05. The molecule has 1 amide bonds. The van der Waals surface area contributed by atoms with Gasteiger partial charge in [-0.2, -0.15) is 9.41 Å². The lowest BCUT2D eigenvalue weighted by Crippen LogP contribution is -2.34. The molecule has 2 N–H and O–H groups in total. The second-order valence-electron chi connectivity index (χ2n) is 7.90. The van der Waals surface area contributed by atoms with Crippen molar-refractivity contribution in [3.63, 3.8) is 0 Å². The predicted molar refractivity (Wildman–Crippen MR) is 118 cm³/mol. The SMILES string of the molecule is CN1CCCN(S(=O)(=O)c2cccc(C(=O)N/N=C3\CCc4cccc(O)c43)c2)CC1. The summed E-state index contributed by atoms with van der Waals surface area (Å²) in [6.45, 7) is 2.41. The summed E-state index contributed by atoms with van der Waals surface area (Å²) in [5, 5.41) is 14.3. The number of aryl methyl sites for hydroxylation is 1. The van der Waals surface area contributed by atoms with Crippen LogP contribution >= 0.6 is 0 Å². The summed E-state index contributed by atoms with van der Waals surface area (Å²) in [6.07, 6.45) is 2.13. The van der Waals surface area contributed by atoms with Crippen LogP contribution < -0.4 is 5.43 Å². The monoisotopic (exact) mass is 442 g/mol. The summed E-state index contributed by atoms with van der Waals surface area (Å²) in [5.41, 5.74) is 4.98. The van der Waals surface area contributed by atoms with E-state index >= 15 is 0 Å². The molecular formula is C22H26N4O4S. The van der Waals surface area contributed by atoms with E-state index in [1.165, 1.54) is 16.4 Å². The van der Waals surface area contributed by atoms with Crippen molar-refractivity contribution < 1.29 is 18.3 Å². The molecule has 1 saturated heterocycles. The highest BCUT2D eigenvalue weighted by atomic mass is 32.2. The van der Waals surface area contributed by atoms with Crippen molar-refractivity contribution in [3.8, 4) is 5.75 Å². The lowest BCUT2D eigenvalue weighted by molar-refractivity contribution is 0.0954. The predicted octanol–water partition coefficient (Wildman–Crippen LogP) is 1.80. The zero-order valence-electron chi connectivity index (χ0n) is 17.4. The minimum Gasteiger partial charge on any atom is -0.507 e. The molecule has 1 aliphatic heterocycles. The quantitative estimate of drug-likeness (QED) is 0.703. The second-order valence-corrected chi connectivity index (χ2v) is 9.84. The molecule has 0 radical (unpaired) electrons. The van der Waals surface area contributed by atoms with E-state index in [9.17, 15) is 18.3 Å². The lowest BCUT2D eigenvalue weighted by Gasteiger charge is -2.20. The number of nitrogens with one attached hydrogen (secondary N) is 1. The van der Waals surface area contributed by atoms with Crippen LogP contribution in [0.25, 0.3) is 0 Å². The molecule has 0 saturated carbocycles. The van der Waals surface area contributed by atoms with E-state index in [1.54, 1.807) is 24.3 Å². The highest BCUT2D eigenvalue weighted by molar-refractivity contribution is 7.89. The van der Waals surface area contributed by atoms with Gasteiger partial charge in [0.05, 0.1) is 10.6 Å². The van der Waals surface area contributed by atoms with Crippen LogP contribution in [0.2, 0.25) is 0 Å². The van der Waals surface area contributed by atoms with Gasteiger partial charge in [0.15, 0.2) is 0 Å². The summed E-state index contributed by atoms with van der Waals surface area (Å²) in [4.78, 5) is 14.9. The molecule has 9 heteroatoms. The van der Waals surface area contributed by atoms with Gasteiger partial charge in [0, 0.05) is 30.8 Å². The molecular weight excluding hydrogens is 416 g/mol. The number of hydrogen-bond acceptors (Lipinski definition) is 6. The average molecular weight is 443 g/mol. The third kappa shape index (κ3) is 4.48. The van der Waals surface area contributed by atoms with Crippen LogP contribution in [0.4, 0.5) is 0 Å². The first-order valence-electron chi connectivity index (χ1n) is 10.3. The maximum atomic E-state index is 13.1. The number of rotatable bonds is 4. The van der Waals surface area contributed by atoms with Gasteiger partial charge in [0.1, 0.15) is 5.75 Å². The molecule has 4 rings (SSSR count). The Morgan fingerprint density at radius 1 is 1.06 bits per heavy atom. The van der Waals surface area contributed by atoms with Crippen molar-refractivity contribution in [3.05, 3.63) is 59.2 Å². The second kappa shape index (κ2) is 8.78. The molecule has 2 aromatic rings. The van der Waals surface area contributed by atoms with Gasteiger partial charge in [0.25, 0.3) is 5.91 Å². The van der Waals surface area contributed by atoms with Gasteiger partial charge >= 0.3 is 0 Å². The molecule has 0 atom stereocenters. The molecule has 1 heterocycles. The highest BCUT2D eigenvalue weighted by Crippen LogP contribution is 2.30. The van der Waals surface area contributed by atoms with Crippen LogP contribution in [-0.4, -0.2) is 67.6 Å². The first-order chi connectivity index (χ1) is 14.9. The van der Waals surface area contributed by atoms with E-state index in [-0.39, 0.29) is 16.2 Å². The molecule has 2 aromatic carbocycles. The fourth-order valence-corrected chi connectivity index (χ4v) is 5.53. The van der Waals surface area contributed by atoms with Crippen molar-refractivity contribution in [2.24, 2.45) is 5.10 Å². The van der Waals surface area contributed by atoms with Gasteiger partial charge in [-0.15, -0.1) is 0 Å². The fraction of sp³-hybridized carbons (Fsp3) is 0.364. The number of hydrazone groups is 1. The first-order valence-corrected chi connectivity index (χ1v) is 11.8. The third-order valence-electron chi connectivity index (χ3n) is 5.75. The Bertz CT molecular complexity index is 1130. The number of sulfonamides is 1. The van der Waals surface area contributed by atoms with E-state index in [0.717, 1.165) is 24.9 Å². The van der Waals surface area contributed by atoms with Gasteiger partial charge in [0.2, 0.25) is 10.0 Å². The number of fused-ring (bicyclic) bond motifs is 1. The number of carbonyl (C=O) groups excluding carboxylic acids is 1. The number of phenols is 1. The smallest absolute Gasteiger partial charge is 0.271 e. The Morgan fingerprint density at radius 2 is 1.87 bits per heavy atom. The minimum absolute atomic E-state index is 0.0983. The number of phenolic OH excluding ortho intramolecular Hbond substituents is 1. The number of likely N-dealkylation sites (N-methyl/N-ethyl adjacent to an activating group) is 1. The van der Waals surface area contributed by atoms with Crippen LogP contribution in [0.1, 0.15) is 34.3 Å². The molecule has 31 heavy (non-hydrogen) atoms. The van der Waals surface area contributed by atoms with Crippen LogP contribution in [0.15, 0.2) is 52.5 Å². The van der Waals surface area contributed by atoms with E-state index in [0.29, 0.717) is 37.3 Å². The molecule has 0 unspecified atom stereocenters. The lowest BCUT2D eigenvalue weighted by atomic mass is 10.1. The summed E-state index contributed by atoms with van der Waals surface area (Å²) < 4.78 is 27.6. The van der Waals surface area contributed by atoms with Crippen LogP contribution in [0.3, 0.4) is 0 Å². The van der Waals surface area contributed by atoms with Crippen LogP contribution in [0, 0.1) is 0 Å². The maximum absolute atomic E-state index is 13.1. The summed E-state index contributed by atoms with van der Waals surface area (Å²) in [6, 6.07) is 11.3. The number of aromatic hydroxyl groups is 1. The van der Waals surface area contributed by atoms with Crippen LogP contribution in [-0.2, 0) is 16.4 Å². The Balaban J connectivity index is 1.52. The molecule has 164 valence electrons. The molecule has 0 bridgehead atoms. The molecule has 1 fully saturated rings. The summed E-state index contributed by atoms with van der Waals surface area (Å²) >= 11 is 0. The third-order valence-corrected chi connectivity index (χ3v) is 7.65. The van der Waals surface area contributed by atoms with Crippen LogP contribution in [0.5, 0.6) is 5.75 Å². The van der Waals surface area contributed by atoms with Crippen molar-refractivity contribution in [2.45, 2.75) is 24.2 Å². The van der Waals surface area contributed by atoms with Gasteiger partial charge < -0.3 is 10.0 Å². The molecule has 8 nitrogen and oxygen atoms in total. The number of benzene rings is 2. The van der Waals surface area contributed by atoms with Gasteiger partial charge in [-0.1, -0.05) is 18.2 Å². The zero-order chi connectivity index (χ0) is 22.0. The topological polar surface area (TPSA) is 102 Å². The van der Waals surface area contributed by atoms with Crippen molar-refractivity contribution in [1.29, 1.82) is 0 Å². The van der Waals surface area contributed by atoms with Gasteiger partial charge in [-0.05, 0) is 62.7 Å². The summed E-state index contributed by atoms with van der Waals surface area (Å²) in [7, 11) is -1.71. The molecule has 0 spiro atoms. The number of carbonyl (C=O) groups is 1. The van der Waals surface area contributed by atoms with Gasteiger partial charge in [-0.25, -0.2) is 13.8 Å². The van der Waals surface area contributed by atoms with E-state index in [4.69, 9.17) is 0 Å². The van der Waals surface area contributed by atoms with E-state index < -0.39 is 15.9 Å². The first kappa shape index (κ1) is 21.5. The maximum Gasteiger partial charge on any atom is 0.271 e.